The Hall–Kier alpha value is -1.85. The fourth-order valence-electron chi connectivity index (χ4n) is 0.404. The maximum absolute atomic E-state index is 3.83. The van der Waals surface area contributed by atoms with Crippen LogP contribution in [0.15, 0.2) is 18.5 Å². The Balaban J connectivity index is 0.000000490. The van der Waals surface area contributed by atoms with Gasteiger partial charge in [0, 0.05) is 0 Å². The normalized spacial score (nSPS) is 7.62. The molecule has 0 radical (unpaired) electrons. The Morgan fingerprint density at radius 2 is 2.38 bits per heavy atom. The second-order valence-electron chi connectivity index (χ2n) is 1.46. The Morgan fingerprint density at radius 1 is 1.62 bits per heavy atom. The Bertz CT molecular complexity index is 138. The van der Waals surface area contributed by atoms with Crippen LogP contribution in [0.2, 0.25) is 0 Å². The van der Waals surface area contributed by atoms with E-state index in [-0.39, 0.29) is 0 Å². The standard InChI is InChI=1S/C6H6N.Rf/c1-6-3-2-4-7-5-6;/h3-5H,1H3;/q-1;. The van der Waals surface area contributed by atoms with Crippen LogP contribution in [0.5, 0.6) is 0 Å². The van der Waals surface area contributed by atoms with Crippen LogP contribution in [-0.2, 0) is 0 Å². The van der Waals surface area contributed by atoms with Gasteiger partial charge in [0.1, 0.15) is 0 Å². The SMILES string of the molecule is Cc1c[c-]cnc1.[Rf]. The van der Waals surface area contributed by atoms with E-state index in [2.05, 4.69) is 11.1 Å². The number of rotatable bonds is 0. The molecule has 0 aliphatic carbocycles. The van der Waals surface area contributed by atoms with Crippen LogP contribution in [0, 0.1) is 13.0 Å². The molecule has 2 heteroatoms. The molecule has 0 saturated heterocycles. The Kier molecular flexibility index (Phi) is 1.80. The second kappa shape index (κ2) is 2.35. The van der Waals surface area contributed by atoms with Crippen molar-refractivity contribution < 1.29 is 0 Å². The van der Waals surface area contributed by atoms with Crippen molar-refractivity contribution in [2.45, 2.75) is 6.92 Å². The van der Waals surface area contributed by atoms with Crippen molar-refractivity contribution in [1.82, 2.24) is 4.98 Å². The van der Waals surface area contributed by atoms with Gasteiger partial charge in [-0.2, -0.15) is 5.56 Å². The molecule has 1 nitrogen and oxygen atoms in total. The van der Waals surface area contributed by atoms with E-state index in [1.807, 2.05) is 13.0 Å². The first-order chi connectivity index (χ1) is 3.39. The zero-order chi connectivity index (χ0) is 5.11. The molecule has 0 unspecified atom stereocenters. The van der Waals surface area contributed by atoms with E-state index >= 15 is 0 Å². The summed E-state index contributed by atoms with van der Waals surface area (Å²) in [5.74, 6) is 0. The zero-order valence-corrected chi connectivity index (χ0v) is 11.3. The van der Waals surface area contributed by atoms with E-state index in [0.717, 1.165) is 5.56 Å². The van der Waals surface area contributed by atoms with Crippen molar-refractivity contribution >= 4 is 0 Å². The molecule has 1 heterocycles. The maximum atomic E-state index is 3.83. The van der Waals surface area contributed by atoms with E-state index in [0.29, 0.717) is 0 Å². The molecule has 1 rings (SSSR count). The zero-order valence-electron chi connectivity index (χ0n) is 4.89. The molecule has 1 aromatic heterocycles. The van der Waals surface area contributed by atoms with E-state index in [1.165, 1.54) is 0 Å². The molecule has 0 saturated carbocycles. The fraction of sp³-hybridized carbons (Fsp3) is 0.167. The smallest absolute Gasteiger partial charge is 0 e. The molecule has 0 bridgehead atoms. The van der Waals surface area contributed by atoms with Crippen LogP contribution in [0.3, 0.4) is 0 Å². The summed E-state index contributed by atoms with van der Waals surface area (Å²) in [6, 6.07) is 4.75. The maximum Gasteiger partial charge on any atom is 0 e. The van der Waals surface area contributed by atoms with Gasteiger partial charge in [-0.1, -0.05) is 12.4 Å². The topological polar surface area (TPSA) is 12.9 Å². The van der Waals surface area contributed by atoms with Gasteiger partial charge in [0.05, 0.1) is 0 Å². The molecule has 8 heavy (non-hydrogen) atoms. The van der Waals surface area contributed by atoms with Gasteiger partial charge >= 0.3 is 0 Å². The van der Waals surface area contributed by atoms with E-state index in [9.17, 15) is 0 Å². The van der Waals surface area contributed by atoms with Gasteiger partial charge in [-0.05, 0) is 0 Å². The summed E-state index contributed by atoms with van der Waals surface area (Å²) in [5.41, 5.74) is 1.16. The van der Waals surface area contributed by atoms with Gasteiger partial charge in [0.25, 0.3) is 0 Å². The summed E-state index contributed by atoms with van der Waals surface area (Å²) < 4.78 is 0. The number of aryl methyl sites for hydroxylation is 1. The second-order valence-corrected chi connectivity index (χ2v) is 1.46. The molecular formula is C6H6NRf-. The third kappa shape index (κ3) is 1.09. The van der Waals surface area contributed by atoms with Gasteiger partial charge in [0.15, 0.2) is 0 Å². The fourth-order valence-corrected chi connectivity index (χ4v) is 0.404. The Labute approximate surface area is 43.0 Å². The molecule has 0 aliphatic heterocycles. The molecule has 0 aromatic carbocycles. The van der Waals surface area contributed by atoms with Gasteiger partial charge in [0.2, 0.25) is 0 Å². The van der Waals surface area contributed by atoms with Crippen molar-refractivity contribution in [3.8, 4) is 0 Å². The van der Waals surface area contributed by atoms with Crippen LogP contribution in [0.4, 0.5) is 0 Å². The number of aromatic nitrogens is 1. The first-order valence-corrected chi connectivity index (χ1v) is 2.17. The summed E-state index contributed by atoms with van der Waals surface area (Å²) in [7, 11) is 0. The average molecular weight is 359 g/mol. The van der Waals surface area contributed by atoms with Crippen LogP contribution >= 0.6 is 0 Å². The molecule has 0 spiro atoms. The first kappa shape index (κ1) is 6.15. The van der Waals surface area contributed by atoms with Crippen LogP contribution in [0.1, 0.15) is 5.56 Å². The van der Waals surface area contributed by atoms with Crippen LogP contribution < -0.4 is 0 Å². The number of hydrogen-bond acceptors (Lipinski definition) is 1. The molecule has 0 fully saturated rings. The predicted octanol–water partition coefficient (Wildman–Crippen LogP) is 1.19. The third-order valence-corrected chi connectivity index (χ3v) is 0.738. The average Bonchev–Trinajstić information content (AvgIpc) is 1.69. The van der Waals surface area contributed by atoms with Crippen LogP contribution in [0.25, 0.3) is 0 Å². The quantitative estimate of drug-likeness (QED) is 0.635. The molecule has 0 atom stereocenters. The van der Waals surface area contributed by atoms with Crippen molar-refractivity contribution in [2.24, 2.45) is 0 Å². The van der Waals surface area contributed by atoms with Gasteiger partial charge in [-0.25, -0.2) is 12.1 Å². The minimum absolute atomic E-state index is 0. The molecule has 0 N–H and O–H groups in total. The summed E-state index contributed by atoms with van der Waals surface area (Å²) in [4.78, 5) is 3.83. The number of nitrogens with zero attached hydrogens (tertiary/aromatic N) is 1. The van der Waals surface area contributed by atoms with E-state index in [4.69, 9.17) is 0 Å². The predicted molar refractivity (Wildman–Crippen MR) is 27.8 cm³/mol. The molecule has 38 valence electrons. The third-order valence-electron chi connectivity index (χ3n) is 0.738. The van der Waals surface area contributed by atoms with Crippen molar-refractivity contribution in [1.29, 1.82) is 0 Å². The summed E-state index contributed by atoms with van der Waals surface area (Å²) >= 11 is 0. The molecular weight excluding hydrogens is 353 g/mol. The van der Waals surface area contributed by atoms with E-state index < -0.39 is 0 Å². The minimum Gasteiger partial charge on any atom is -0.304 e. The Morgan fingerprint density at radius 3 is 2.62 bits per heavy atom. The summed E-state index contributed by atoms with van der Waals surface area (Å²) in [6.07, 6.45) is 3.45. The monoisotopic (exact) mass is 359 g/mol. The molecule has 0 aliphatic rings. The van der Waals surface area contributed by atoms with Crippen molar-refractivity contribution in [3.63, 3.8) is 0 Å². The van der Waals surface area contributed by atoms with Gasteiger partial charge in [-0.15, -0.1) is 6.92 Å². The van der Waals surface area contributed by atoms with Crippen LogP contribution in [-0.4, -0.2) is 4.98 Å². The molecule has 1 aromatic rings. The number of hydrogen-bond donors (Lipinski definition) is 0. The molecule has 0 amide bonds. The van der Waals surface area contributed by atoms with Crippen molar-refractivity contribution in [2.75, 3.05) is 0 Å². The minimum atomic E-state index is 0. The first-order valence-electron chi connectivity index (χ1n) is 2.17. The summed E-state index contributed by atoms with van der Waals surface area (Å²) in [6.45, 7) is 1.99. The summed E-state index contributed by atoms with van der Waals surface area (Å²) in [5, 5.41) is 0. The van der Waals surface area contributed by atoms with E-state index in [1.54, 1.807) is 12.4 Å². The van der Waals surface area contributed by atoms with Gasteiger partial charge in [-0.3, -0.25) is 0 Å². The largest absolute Gasteiger partial charge is 0.304 e. The number of pyridine rings is 1. The van der Waals surface area contributed by atoms with Gasteiger partial charge < -0.3 is 4.98 Å². The van der Waals surface area contributed by atoms with Crippen molar-refractivity contribution in [3.05, 3.63) is 30.1 Å².